The standard InChI is InChI=1S/C18H15BrClNO4/c1-11-9-13(4-5-15(11)20)24-8-2-7-21-16-6-3-12(19)10-14(16)17(22)25-18(21)23/h3-6,9-10H,2,7-8H2,1H3. The molecule has 0 unspecified atom stereocenters. The number of ether oxygens (including phenoxy) is 1. The van der Waals surface area contributed by atoms with Gasteiger partial charge in [-0.3, -0.25) is 4.57 Å². The maximum absolute atomic E-state index is 12.0. The summed E-state index contributed by atoms with van der Waals surface area (Å²) in [6.45, 7) is 2.71. The minimum Gasteiger partial charge on any atom is -0.494 e. The van der Waals surface area contributed by atoms with Crippen molar-refractivity contribution in [3.05, 3.63) is 72.4 Å². The van der Waals surface area contributed by atoms with E-state index < -0.39 is 11.4 Å². The number of fused-ring (bicyclic) bond motifs is 1. The molecule has 1 heterocycles. The largest absolute Gasteiger partial charge is 0.494 e. The highest BCUT2D eigenvalue weighted by atomic mass is 79.9. The number of hydrogen-bond donors (Lipinski definition) is 0. The fraction of sp³-hybridized carbons (Fsp3) is 0.222. The van der Waals surface area contributed by atoms with E-state index in [1.807, 2.05) is 13.0 Å². The molecule has 0 bridgehead atoms. The number of halogens is 2. The molecule has 0 saturated heterocycles. The summed E-state index contributed by atoms with van der Waals surface area (Å²) in [7, 11) is 0. The van der Waals surface area contributed by atoms with Gasteiger partial charge in [0.05, 0.1) is 17.5 Å². The molecule has 0 amide bonds. The lowest BCUT2D eigenvalue weighted by molar-refractivity contribution is 0.296. The Bertz CT molecular complexity index is 1040. The zero-order valence-corrected chi connectivity index (χ0v) is 15.8. The molecule has 0 atom stereocenters. The molecule has 0 spiro atoms. The molecule has 0 saturated carbocycles. The van der Waals surface area contributed by atoms with Gasteiger partial charge in [-0.15, -0.1) is 0 Å². The van der Waals surface area contributed by atoms with Gasteiger partial charge in [0.2, 0.25) is 0 Å². The van der Waals surface area contributed by atoms with E-state index in [2.05, 4.69) is 15.9 Å². The lowest BCUT2D eigenvalue weighted by Crippen LogP contribution is -2.25. The molecular formula is C18H15BrClNO4. The number of hydrogen-bond acceptors (Lipinski definition) is 4. The highest BCUT2D eigenvalue weighted by Crippen LogP contribution is 2.21. The van der Waals surface area contributed by atoms with Gasteiger partial charge in [-0.2, -0.15) is 0 Å². The van der Waals surface area contributed by atoms with Gasteiger partial charge in [0, 0.05) is 16.0 Å². The van der Waals surface area contributed by atoms with Crippen LogP contribution in [0, 0.1) is 6.92 Å². The number of benzene rings is 2. The van der Waals surface area contributed by atoms with Crippen LogP contribution in [0.2, 0.25) is 5.02 Å². The van der Waals surface area contributed by atoms with Crippen molar-refractivity contribution in [2.75, 3.05) is 6.61 Å². The first kappa shape index (κ1) is 17.8. The smallest absolute Gasteiger partial charge is 0.422 e. The van der Waals surface area contributed by atoms with Crippen molar-refractivity contribution in [2.45, 2.75) is 19.9 Å². The highest BCUT2D eigenvalue weighted by molar-refractivity contribution is 9.10. The maximum Gasteiger partial charge on any atom is 0.422 e. The zero-order valence-electron chi connectivity index (χ0n) is 13.4. The minimum atomic E-state index is -0.665. The van der Waals surface area contributed by atoms with E-state index in [-0.39, 0.29) is 0 Å². The van der Waals surface area contributed by atoms with E-state index in [1.165, 1.54) is 4.57 Å². The van der Waals surface area contributed by atoms with Crippen molar-refractivity contribution < 1.29 is 9.15 Å². The van der Waals surface area contributed by atoms with E-state index in [4.69, 9.17) is 20.8 Å². The van der Waals surface area contributed by atoms with Gasteiger partial charge in [0.1, 0.15) is 5.75 Å². The van der Waals surface area contributed by atoms with Crippen LogP contribution in [0.1, 0.15) is 12.0 Å². The van der Waals surface area contributed by atoms with Gasteiger partial charge >= 0.3 is 11.4 Å². The first-order valence-corrected chi connectivity index (χ1v) is 8.85. The molecule has 0 aliphatic carbocycles. The summed E-state index contributed by atoms with van der Waals surface area (Å²) < 4.78 is 12.7. The van der Waals surface area contributed by atoms with Crippen LogP contribution in [0.3, 0.4) is 0 Å². The molecule has 25 heavy (non-hydrogen) atoms. The normalized spacial score (nSPS) is 11.0. The second-order valence-corrected chi connectivity index (χ2v) is 6.90. The monoisotopic (exact) mass is 423 g/mol. The Morgan fingerprint density at radius 3 is 2.76 bits per heavy atom. The number of aryl methyl sites for hydroxylation is 2. The van der Waals surface area contributed by atoms with Gasteiger partial charge in [-0.25, -0.2) is 9.59 Å². The Hall–Kier alpha value is -2.05. The average Bonchev–Trinajstić information content (AvgIpc) is 2.57. The highest BCUT2D eigenvalue weighted by Gasteiger charge is 2.10. The SMILES string of the molecule is Cc1cc(OCCCn2c(=O)oc(=O)c3cc(Br)ccc32)ccc1Cl. The summed E-state index contributed by atoms with van der Waals surface area (Å²) in [5.41, 5.74) is 0.856. The van der Waals surface area contributed by atoms with Crippen LogP contribution in [-0.4, -0.2) is 11.2 Å². The number of nitrogens with zero attached hydrogens (tertiary/aromatic N) is 1. The first-order chi connectivity index (χ1) is 12.0. The Morgan fingerprint density at radius 2 is 2.00 bits per heavy atom. The van der Waals surface area contributed by atoms with E-state index in [9.17, 15) is 9.59 Å². The van der Waals surface area contributed by atoms with Crippen molar-refractivity contribution in [3.63, 3.8) is 0 Å². The fourth-order valence-electron chi connectivity index (χ4n) is 2.53. The Balaban J connectivity index is 1.74. The predicted octanol–water partition coefficient (Wildman–Crippen LogP) is 4.15. The number of aromatic nitrogens is 1. The molecule has 3 rings (SSSR count). The first-order valence-electron chi connectivity index (χ1n) is 7.68. The summed E-state index contributed by atoms with van der Waals surface area (Å²) in [5.74, 6) is 0.0600. The van der Waals surface area contributed by atoms with Gasteiger partial charge in [0.25, 0.3) is 0 Å². The minimum absolute atomic E-state index is 0.364. The topological polar surface area (TPSA) is 61.4 Å². The van der Waals surface area contributed by atoms with Crippen molar-refractivity contribution in [3.8, 4) is 5.75 Å². The fourth-order valence-corrected chi connectivity index (χ4v) is 3.00. The summed E-state index contributed by atoms with van der Waals surface area (Å²) >= 11 is 9.30. The molecule has 0 radical (unpaired) electrons. The van der Waals surface area contributed by atoms with Crippen LogP contribution in [0.25, 0.3) is 10.9 Å². The van der Waals surface area contributed by atoms with Gasteiger partial charge in [-0.05, 0) is 55.3 Å². The third-order valence-electron chi connectivity index (χ3n) is 3.79. The molecule has 7 heteroatoms. The molecule has 0 N–H and O–H groups in total. The van der Waals surface area contributed by atoms with Crippen LogP contribution in [0.4, 0.5) is 0 Å². The van der Waals surface area contributed by atoms with E-state index in [0.717, 1.165) is 15.8 Å². The van der Waals surface area contributed by atoms with Gasteiger partial charge in [0.15, 0.2) is 0 Å². The molecule has 3 aromatic rings. The Morgan fingerprint density at radius 1 is 1.20 bits per heavy atom. The molecule has 2 aromatic carbocycles. The lowest BCUT2D eigenvalue weighted by atomic mass is 10.2. The van der Waals surface area contributed by atoms with Crippen molar-refractivity contribution >= 4 is 38.4 Å². The zero-order chi connectivity index (χ0) is 18.0. The molecule has 130 valence electrons. The van der Waals surface area contributed by atoms with Crippen molar-refractivity contribution in [1.82, 2.24) is 4.57 Å². The Kier molecular flexibility index (Phi) is 5.30. The summed E-state index contributed by atoms with van der Waals surface area (Å²) in [6, 6.07) is 10.6. The van der Waals surface area contributed by atoms with Crippen LogP contribution >= 0.6 is 27.5 Å². The van der Waals surface area contributed by atoms with E-state index >= 15 is 0 Å². The molecule has 0 aliphatic heterocycles. The molecule has 0 fully saturated rings. The molecule has 1 aromatic heterocycles. The third-order valence-corrected chi connectivity index (χ3v) is 4.71. The molecule has 5 nitrogen and oxygen atoms in total. The van der Waals surface area contributed by atoms with Crippen molar-refractivity contribution in [2.24, 2.45) is 0 Å². The molecular weight excluding hydrogens is 410 g/mol. The van der Waals surface area contributed by atoms with Crippen LogP contribution in [0.5, 0.6) is 5.75 Å². The summed E-state index contributed by atoms with van der Waals surface area (Å²) in [6.07, 6.45) is 0.584. The second-order valence-electron chi connectivity index (χ2n) is 5.58. The van der Waals surface area contributed by atoms with Crippen LogP contribution in [0.15, 0.2) is 54.9 Å². The molecule has 0 aliphatic rings. The van der Waals surface area contributed by atoms with Gasteiger partial charge in [-0.1, -0.05) is 27.5 Å². The second kappa shape index (κ2) is 7.45. The maximum atomic E-state index is 12.0. The third kappa shape index (κ3) is 3.96. The predicted molar refractivity (Wildman–Crippen MR) is 101 cm³/mol. The average molecular weight is 425 g/mol. The lowest BCUT2D eigenvalue weighted by Gasteiger charge is -2.10. The van der Waals surface area contributed by atoms with E-state index in [1.54, 1.807) is 30.3 Å². The summed E-state index contributed by atoms with van der Waals surface area (Å²) in [4.78, 5) is 23.9. The van der Waals surface area contributed by atoms with Gasteiger partial charge < -0.3 is 9.15 Å². The quantitative estimate of drug-likeness (QED) is 0.577. The van der Waals surface area contributed by atoms with Crippen molar-refractivity contribution in [1.29, 1.82) is 0 Å². The number of rotatable bonds is 5. The van der Waals surface area contributed by atoms with E-state index in [0.29, 0.717) is 35.5 Å². The summed E-state index contributed by atoms with van der Waals surface area (Å²) in [5, 5.41) is 1.05. The van der Waals surface area contributed by atoms with Crippen LogP contribution in [-0.2, 0) is 6.54 Å². The Labute approximate surface area is 156 Å². The van der Waals surface area contributed by atoms with Crippen LogP contribution < -0.4 is 16.1 Å².